The zero-order valence-corrected chi connectivity index (χ0v) is 11.6. The van der Waals surface area contributed by atoms with Crippen LogP contribution < -0.4 is 10.2 Å². The summed E-state index contributed by atoms with van der Waals surface area (Å²) in [7, 11) is 1.90. The molecule has 2 N–H and O–H groups in total. The lowest BCUT2D eigenvalue weighted by atomic mass is 9.89. The lowest BCUT2D eigenvalue weighted by Crippen LogP contribution is -2.58. The van der Waals surface area contributed by atoms with Crippen molar-refractivity contribution in [1.82, 2.24) is 5.32 Å². The topological polar surface area (TPSA) is 52.6 Å². The van der Waals surface area contributed by atoms with E-state index in [4.69, 9.17) is 0 Å². The molecule has 0 bridgehead atoms. The molecule has 0 aliphatic carbocycles. The fourth-order valence-corrected chi connectivity index (χ4v) is 2.67. The Morgan fingerprint density at radius 1 is 1.42 bits per heavy atom. The van der Waals surface area contributed by atoms with Gasteiger partial charge in [-0.15, -0.1) is 0 Å². The summed E-state index contributed by atoms with van der Waals surface area (Å²) in [5, 5.41) is 12.8. The molecular weight excluding hydrogens is 240 g/mol. The Balaban J connectivity index is 2.15. The summed E-state index contributed by atoms with van der Waals surface area (Å²) in [4.78, 5) is 13.5. The number of nitrogens with one attached hydrogen (secondary N) is 1. The van der Waals surface area contributed by atoms with Gasteiger partial charge in [-0.3, -0.25) is 4.79 Å². The molecule has 1 aliphatic heterocycles. The molecule has 1 aliphatic rings. The molecular formula is C15H22N2O2. The number of piperidine rings is 1. The van der Waals surface area contributed by atoms with E-state index < -0.39 is 0 Å². The molecule has 0 saturated carbocycles. The Bertz CT molecular complexity index is 438. The number of rotatable bonds is 4. The van der Waals surface area contributed by atoms with Crippen molar-refractivity contribution in [3.8, 4) is 0 Å². The molecule has 1 saturated heterocycles. The number of nitrogens with zero attached hydrogens (tertiary/aromatic N) is 1. The van der Waals surface area contributed by atoms with Crippen LogP contribution in [0.3, 0.4) is 0 Å². The number of anilines is 1. The van der Waals surface area contributed by atoms with Gasteiger partial charge in [0, 0.05) is 24.3 Å². The fraction of sp³-hybridized carbons (Fsp3) is 0.533. The van der Waals surface area contributed by atoms with Crippen LogP contribution in [0.5, 0.6) is 0 Å². The summed E-state index contributed by atoms with van der Waals surface area (Å²) in [5.41, 5.74) is 1.64. The third kappa shape index (κ3) is 2.96. The van der Waals surface area contributed by atoms with E-state index in [-0.39, 0.29) is 17.9 Å². The van der Waals surface area contributed by atoms with Crippen LogP contribution in [-0.4, -0.2) is 43.2 Å². The summed E-state index contributed by atoms with van der Waals surface area (Å²) < 4.78 is 0. The highest BCUT2D eigenvalue weighted by Gasteiger charge is 2.33. The van der Waals surface area contributed by atoms with E-state index in [1.807, 2.05) is 31.3 Å². The zero-order chi connectivity index (χ0) is 13.9. The van der Waals surface area contributed by atoms with Crippen molar-refractivity contribution in [2.45, 2.75) is 25.3 Å². The number of ketones is 1. The Morgan fingerprint density at radius 3 is 2.63 bits per heavy atom. The molecule has 1 atom stereocenters. The molecule has 1 heterocycles. The largest absolute Gasteiger partial charge is 0.394 e. The van der Waals surface area contributed by atoms with Gasteiger partial charge >= 0.3 is 0 Å². The van der Waals surface area contributed by atoms with Crippen molar-refractivity contribution < 1.29 is 9.90 Å². The number of carbonyl (C=O) groups is 1. The van der Waals surface area contributed by atoms with Crippen molar-refractivity contribution >= 4 is 11.5 Å². The minimum Gasteiger partial charge on any atom is -0.394 e. The minimum absolute atomic E-state index is 0.0881. The van der Waals surface area contributed by atoms with Gasteiger partial charge in [-0.2, -0.15) is 0 Å². The fourth-order valence-electron chi connectivity index (χ4n) is 2.67. The Hall–Kier alpha value is -1.39. The van der Waals surface area contributed by atoms with E-state index in [0.717, 1.165) is 37.2 Å². The maximum Gasteiger partial charge on any atom is 0.159 e. The molecule has 4 heteroatoms. The van der Waals surface area contributed by atoms with Crippen LogP contribution in [0.1, 0.15) is 30.1 Å². The van der Waals surface area contributed by atoms with E-state index in [9.17, 15) is 9.90 Å². The van der Waals surface area contributed by atoms with Gasteiger partial charge in [0.05, 0.1) is 12.1 Å². The van der Waals surface area contributed by atoms with Crippen molar-refractivity contribution in [1.29, 1.82) is 0 Å². The van der Waals surface area contributed by atoms with E-state index in [0.29, 0.717) is 0 Å². The van der Waals surface area contributed by atoms with Gasteiger partial charge in [-0.1, -0.05) is 0 Å². The summed E-state index contributed by atoms with van der Waals surface area (Å²) in [5.74, 6) is 0.0881. The van der Waals surface area contributed by atoms with Gasteiger partial charge in [0.1, 0.15) is 0 Å². The lowest BCUT2D eigenvalue weighted by Gasteiger charge is -2.42. The number of benzene rings is 1. The van der Waals surface area contributed by atoms with Crippen molar-refractivity contribution in [2.24, 2.45) is 0 Å². The van der Waals surface area contributed by atoms with E-state index in [2.05, 4.69) is 10.2 Å². The molecule has 0 spiro atoms. The number of aliphatic hydroxyl groups is 1. The molecule has 1 aromatic carbocycles. The first-order valence-corrected chi connectivity index (χ1v) is 6.76. The second kappa shape index (κ2) is 5.72. The number of aliphatic hydroxyl groups excluding tert-OH is 1. The lowest BCUT2D eigenvalue weighted by molar-refractivity contribution is 0.101. The monoisotopic (exact) mass is 262 g/mol. The molecule has 2 rings (SSSR count). The first-order chi connectivity index (χ1) is 9.10. The maximum atomic E-state index is 11.3. The van der Waals surface area contributed by atoms with Gasteiger partial charge in [0.25, 0.3) is 0 Å². The van der Waals surface area contributed by atoms with Crippen LogP contribution in [0.25, 0.3) is 0 Å². The number of likely N-dealkylation sites (N-methyl/N-ethyl adjacent to an activating group) is 1. The van der Waals surface area contributed by atoms with Crippen LogP contribution in [0.4, 0.5) is 5.69 Å². The number of hydrogen-bond acceptors (Lipinski definition) is 4. The normalized spacial score (nSPS) is 23.4. The van der Waals surface area contributed by atoms with E-state index in [1.54, 1.807) is 6.92 Å². The first kappa shape index (κ1) is 14.0. The van der Waals surface area contributed by atoms with Gasteiger partial charge in [0.15, 0.2) is 5.78 Å². The highest BCUT2D eigenvalue weighted by atomic mass is 16.3. The van der Waals surface area contributed by atoms with Crippen molar-refractivity contribution in [3.05, 3.63) is 29.8 Å². The molecule has 104 valence electrons. The summed E-state index contributed by atoms with van der Waals surface area (Å²) in [6.45, 7) is 3.50. The van der Waals surface area contributed by atoms with Crippen molar-refractivity contribution in [3.63, 3.8) is 0 Å². The minimum atomic E-state index is -0.211. The predicted octanol–water partition coefficient (Wildman–Crippen LogP) is 1.44. The first-order valence-electron chi connectivity index (χ1n) is 6.76. The molecule has 1 unspecified atom stereocenters. The summed E-state index contributed by atoms with van der Waals surface area (Å²) in [6, 6.07) is 7.71. The highest BCUT2D eigenvalue weighted by Crippen LogP contribution is 2.26. The van der Waals surface area contributed by atoms with Crippen molar-refractivity contribution in [2.75, 3.05) is 31.6 Å². The maximum absolute atomic E-state index is 11.3. The molecule has 4 nitrogen and oxygen atoms in total. The number of Topliss-reactive ketones (excluding diaryl/α,β-unsaturated/α-hetero) is 1. The average molecular weight is 262 g/mol. The van der Waals surface area contributed by atoms with Gasteiger partial charge in [0.2, 0.25) is 0 Å². The molecule has 1 fully saturated rings. The van der Waals surface area contributed by atoms with Gasteiger partial charge in [-0.25, -0.2) is 0 Å². The summed E-state index contributed by atoms with van der Waals surface area (Å²) >= 11 is 0. The molecule has 0 amide bonds. The zero-order valence-electron chi connectivity index (χ0n) is 11.6. The van der Waals surface area contributed by atoms with E-state index >= 15 is 0 Å². The Labute approximate surface area is 114 Å². The number of carbonyl (C=O) groups excluding carboxylic acids is 1. The second-order valence-corrected chi connectivity index (χ2v) is 5.32. The number of hydrogen-bond donors (Lipinski definition) is 2. The standard InChI is InChI=1S/C15H22N2O2/c1-12(19)13-4-6-14(7-5-13)17-9-3-8-15(10-17,11-18)16-2/h4-7,16,18H,3,8-11H2,1-2H3. The molecule has 1 aromatic rings. The SMILES string of the molecule is CNC1(CO)CCCN(c2ccc(C(C)=O)cc2)C1. The van der Waals surface area contributed by atoms with E-state index in [1.165, 1.54) is 0 Å². The highest BCUT2D eigenvalue weighted by molar-refractivity contribution is 5.94. The summed E-state index contributed by atoms with van der Waals surface area (Å²) in [6.07, 6.45) is 2.04. The smallest absolute Gasteiger partial charge is 0.159 e. The molecule has 0 aromatic heterocycles. The van der Waals surface area contributed by atoms with Crippen LogP contribution in [0.2, 0.25) is 0 Å². The van der Waals surface area contributed by atoms with Crippen LogP contribution in [-0.2, 0) is 0 Å². The predicted molar refractivity (Wildman–Crippen MR) is 76.8 cm³/mol. The third-order valence-corrected chi connectivity index (χ3v) is 4.05. The quantitative estimate of drug-likeness (QED) is 0.806. The van der Waals surface area contributed by atoms with Crippen LogP contribution in [0.15, 0.2) is 24.3 Å². The average Bonchev–Trinajstić information content (AvgIpc) is 2.47. The molecule has 0 radical (unpaired) electrons. The van der Waals surface area contributed by atoms with Gasteiger partial charge < -0.3 is 15.3 Å². The van der Waals surface area contributed by atoms with Gasteiger partial charge in [-0.05, 0) is 51.1 Å². The Morgan fingerprint density at radius 2 is 2.11 bits per heavy atom. The molecule has 19 heavy (non-hydrogen) atoms. The van der Waals surface area contributed by atoms with Crippen LogP contribution in [0, 0.1) is 0 Å². The second-order valence-electron chi connectivity index (χ2n) is 5.32. The van der Waals surface area contributed by atoms with Crippen LogP contribution >= 0.6 is 0 Å². The Kier molecular flexibility index (Phi) is 4.22. The third-order valence-electron chi connectivity index (χ3n) is 4.05.